The summed E-state index contributed by atoms with van der Waals surface area (Å²) >= 11 is 5.44. The Balaban J connectivity index is 3.29. The van der Waals surface area contributed by atoms with E-state index in [1.54, 1.807) is 0 Å². The monoisotopic (exact) mass is 174 g/mol. The number of carbonyl (C=O) groups excluding carboxylic acids is 1. The highest BCUT2D eigenvalue weighted by Gasteiger charge is 2.14. The van der Waals surface area contributed by atoms with Crippen molar-refractivity contribution < 1.29 is 9.90 Å². The van der Waals surface area contributed by atoms with Crippen molar-refractivity contribution in [2.75, 3.05) is 0 Å². The van der Waals surface area contributed by atoms with Crippen molar-refractivity contribution in [1.29, 1.82) is 0 Å². The number of nitrogens with zero attached hydrogens (tertiary/aromatic N) is 2. The van der Waals surface area contributed by atoms with Gasteiger partial charge in [-0.3, -0.25) is 9.36 Å². The molecule has 0 aromatic carbocycles. The Morgan fingerprint density at radius 2 is 2.27 bits per heavy atom. The first-order chi connectivity index (χ1) is 5.04. The maximum Gasteiger partial charge on any atom is 0.231 e. The molecule has 60 valence electrons. The Kier molecular flexibility index (Phi) is 1.87. The van der Waals surface area contributed by atoms with Crippen LogP contribution >= 0.6 is 11.6 Å². The van der Waals surface area contributed by atoms with Crippen LogP contribution in [0.2, 0.25) is 5.15 Å². The van der Waals surface area contributed by atoms with Crippen molar-refractivity contribution in [2.45, 2.75) is 6.92 Å². The molecule has 0 saturated heterocycles. The van der Waals surface area contributed by atoms with Crippen LogP contribution in [0, 0.1) is 0 Å². The Morgan fingerprint density at radius 3 is 2.45 bits per heavy atom. The highest BCUT2D eigenvalue weighted by Crippen LogP contribution is 2.22. The minimum atomic E-state index is -0.227. The molecule has 0 aliphatic rings. The molecule has 1 aromatic rings. The van der Waals surface area contributed by atoms with Crippen LogP contribution in [0.15, 0.2) is 0 Å². The first-order valence-corrected chi connectivity index (χ1v) is 3.34. The van der Waals surface area contributed by atoms with Crippen LogP contribution in [-0.4, -0.2) is 20.4 Å². The normalized spacial score (nSPS) is 10.1. The zero-order valence-electron chi connectivity index (χ0n) is 6.13. The highest BCUT2D eigenvalue weighted by molar-refractivity contribution is 6.30. The molecule has 0 saturated carbocycles. The minimum Gasteiger partial charge on any atom is -0.492 e. The Morgan fingerprint density at radius 1 is 1.73 bits per heavy atom. The number of halogens is 1. The van der Waals surface area contributed by atoms with E-state index >= 15 is 0 Å². The Bertz CT molecular complexity index is 306. The van der Waals surface area contributed by atoms with E-state index in [9.17, 15) is 4.79 Å². The van der Waals surface area contributed by atoms with Gasteiger partial charge in [0, 0.05) is 14.0 Å². The second kappa shape index (κ2) is 2.54. The van der Waals surface area contributed by atoms with Crippen LogP contribution in [-0.2, 0) is 7.05 Å². The maximum absolute atomic E-state index is 10.8. The minimum absolute atomic E-state index is 0.0438. The van der Waals surface area contributed by atoms with E-state index in [0.29, 0.717) is 0 Å². The van der Waals surface area contributed by atoms with E-state index in [4.69, 9.17) is 16.7 Å². The Labute approximate surface area is 68.4 Å². The van der Waals surface area contributed by atoms with Crippen LogP contribution in [0.4, 0.5) is 0 Å². The molecule has 0 unspecified atom stereocenters. The fourth-order valence-electron chi connectivity index (χ4n) is 0.772. The number of aromatic hydroxyl groups is 1. The summed E-state index contributed by atoms with van der Waals surface area (Å²) in [6.07, 6.45) is 0. The molecular formula is C6H7ClN2O2. The van der Waals surface area contributed by atoms with E-state index in [1.807, 2.05) is 0 Å². The van der Waals surface area contributed by atoms with E-state index in [1.165, 1.54) is 18.5 Å². The third-order valence-electron chi connectivity index (χ3n) is 1.34. The van der Waals surface area contributed by atoms with Crippen molar-refractivity contribution in [3.63, 3.8) is 0 Å². The number of hydrogen-bond donors (Lipinski definition) is 1. The molecule has 0 atom stereocenters. The van der Waals surface area contributed by atoms with E-state index in [0.717, 1.165) is 0 Å². The summed E-state index contributed by atoms with van der Waals surface area (Å²) in [7, 11) is 1.52. The van der Waals surface area contributed by atoms with Crippen LogP contribution in [0.25, 0.3) is 0 Å². The SMILES string of the molecule is CC(=O)c1nc(Cl)c(O)n1C. The number of hydrogen-bond acceptors (Lipinski definition) is 3. The lowest BCUT2D eigenvalue weighted by Crippen LogP contribution is -2.02. The van der Waals surface area contributed by atoms with Crippen LogP contribution < -0.4 is 0 Å². The molecule has 0 bridgehead atoms. The molecule has 0 amide bonds. The number of imidazole rings is 1. The van der Waals surface area contributed by atoms with Crippen molar-refractivity contribution in [3.8, 4) is 5.88 Å². The molecule has 0 radical (unpaired) electrons. The summed E-state index contributed by atoms with van der Waals surface area (Å²) in [5.74, 6) is -0.251. The van der Waals surface area contributed by atoms with Crippen molar-refractivity contribution in [1.82, 2.24) is 9.55 Å². The van der Waals surface area contributed by atoms with Gasteiger partial charge in [0.15, 0.2) is 16.8 Å². The smallest absolute Gasteiger partial charge is 0.231 e. The third kappa shape index (κ3) is 1.21. The maximum atomic E-state index is 10.8. The van der Waals surface area contributed by atoms with Crippen LogP contribution in [0.1, 0.15) is 17.5 Å². The second-order valence-electron chi connectivity index (χ2n) is 2.17. The predicted molar refractivity (Wildman–Crippen MR) is 39.9 cm³/mol. The summed E-state index contributed by atoms with van der Waals surface area (Å²) in [5.41, 5.74) is 0. The summed E-state index contributed by atoms with van der Waals surface area (Å²) in [4.78, 5) is 14.4. The average Bonchev–Trinajstić information content (AvgIpc) is 2.17. The summed E-state index contributed by atoms with van der Waals surface area (Å²) < 4.78 is 1.24. The number of rotatable bonds is 1. The van der Waals surface area contributed by atoms with Gasteiger partial charge in [0.1, 0.15) is 0 Å². The van der Waals surface area contributed by atoms with E-state index in [-0.39, 0.29) is 22.6 Å². The molecular weight excluding hydrogens is 168 g/mol. The van der Waals surface area contributed by atoms with Gasteiger partial charge in [-0.1, -0.05) is 11.6 Å². The second-order valence-corrected chi connectivity index (χ2v) is 2.52. The fraction of sp³-hybridized carbons (Fsp3) is 0.333. The van der Waals surface area contributed by atoms with Gasteiger partial charge in [-0.2, -0.15) is 0 Å². The van der Waals surface area contributed by atoms with Gasteiger partial charge in [-0.15, -0.1) is 0 Å². The first kappa shape index (κ1) is 8.07. The number of ketones is 1. The molecule has 1 N–H and O–H groups in total. The number of aromatic nitrogens is 2. The highest BCUT2D eigenvalue weighted by atomic mass is 35.5. The molecule has 0 aliphatic heterocycles. The molecule has 0 spiro atoms. The molecule has 1 rings (SSSR count). The number of Topliss-reactive ketones (excluding diaryl/α,β-unsaturated/α-hetero) is 1. The van der Waals surface area contributed by atoms with Crippen molar-refractivity contribution in [3.05, 3.63) is 11.0 Å². The zero-order valence-corrected chi connectivity index (χ0v) is 6.88. The summed E-state index contributed by atoms with van der Waals surface area (Å²) in [6.45, 7) is 1.36. The van der Waals surface area contributed by atoms with Crippen molar-refractivity contribution in [2.24, 2.45) is 7.05 Å². The average molecular weight is 175 g/mol. The molecule has 4 nitrogen and oxygen atoms in total. The van der Waals surface area contributed by atoms with Gasteiger partial charge < -0.3 is 5.11 Å². The van der Waals surface area contributed by atoms with Gasteiger partial charge in [0.2, 0.25) is 5.88 Å². The van der Waals surface area contributed by atoms with E-state index < -0.39 is 0 Å². The quantitative estimate of drug-likeness (QED) is 0.646. The fourth-order valence-corrected chi connectivity index (χ4v) is 0.978. The van der Waals surface area contributed by atoms with Gasteiger partial charge in [0.05, 0.1) is 0 Å². The molecule has 1 heterocycles. The summed E-state index contributed by atoms with van der Waals surface area (Å²) in [5, 5.41) is 9.05. The van der Waals surface area contributed by atoms with Crippen molar-refractivity contribution >= 4 is 17.4 Å². The molecule has 11 heavy (non-hydrogen) atoms. The lowest BCUT2D eigenvalue weighted by Gasteiger charge is -1.95. The first-order valence-electron chi connectivity index (χ1n) is 2.96. The summed E-state index contributed by atoms with van der Waals surface area (Å²) in [6, 6.07) is 0. The standard InChI is InChI=1S/C6H7ClN2O2/c1-3(10)5-8-4(7)6(11)9(5)2/h11H,1-2H3. The molecule has 0 aliphatic carbocycles. The van der Waals surface area contributed by atoms with E-state index in [2.05, 4.69) is 4.98 Å². The molecule has 1 aromatic heterocycles. The van der Waals surface area contributed by atoms with Crippen LogP contribution in [0.5, 0.6) is 5.88 Å². The number of carbonyl (C=O) groups is 1. The lowest BCUT2D eigenvalue weighted by molar-refractivity contribution is 0.0999. The Hall–Kier alpha value is -1.03. The predicted octanol–water partition coefficient (Wildman–Crippen LogP) is 0.982. The topological polar surface area (TPSA) is 55.1 Å². The zero-order chi connectivity index (χ0) is 8.59. The molecule has 0 fully saturated rings. The van der Waals surface area contributed by atoms with Gasteiger partial charge >= 0.3 is 0 Å². The van der Waals surface area contributed by atoms with Gasteiger partial charge in [0.25, 0.3) is 0 Å². The largest absolute Gasteiger partial charge is 0.492 e. The van der Waals surface area contributed by atoms with Crippen LogP contribution in [0.3, 0.4) is 0 Å². The lowest BCUT2D eigenvalue weighted by atomic mass is 10.4. The van der Waals surface area contributed by atoms with Gasteiger partial charge in [-0.25, -0.2) is 4.98 Å². The molecule has 5 heteroatoms. The van der Waals surface area contributed by atoms with Gasteiger partial charge in [-0.05, 0) is 0 Å². The third-order valence-corrected chi connectivity index (χ3v) is 1.59.